The SMILES string of the molecule is I.O=c1c(-c2ccccc2Cl)cc2c(n1-c1cccnc1)COc1cccnc1-2.O=c1c(Br)cc2c(n1-c1cccnc1)COc1cccnc1-2. The van der Waals surface area contributed by atoms with Gasteiger partial charge in [0.15, 0.2) is 0 Å². The molecule has 8 heterocycles. The van der Waals surface area contributed by atoms with Crippen LogP contribution in [-0.4, -0.2) is 29.1 Å². The molecule has 1 aromatic carbocycles. The van der Waals surface area contributed by atoms with Gasteiger partial charge >= 0.3 is 0 Å². The van der Waals surface area contributed by atoms with Gasteiger partial charge in [0, 0.05) is 52.1 Å². The quantitative estimate of drug-likeness (QED) is 0.164. The lowest BCUT2D eigenvalue weighted by Gasteiger charge is -2.24. The van der Waals surface area contributed by atoms with Crippen molar-refractivity contribution in [1.29, 1.82) is 0 Å². The van der Waals surface area contributed by atoms with Crippen LogP contribution in [0.4, 0.5) is 0 Å². The first-order valence-corrected chi connectivity index (χ1v) is 16.6. The molecule has 2 aliphatic rings. The number of rotatable bonds is 3. The van der Waals surface area contributed by atoms with Gasteiger partial charge in [0.2, 0.25) is 0 Å². The van der Waals surface area contributed by atoms with Gasteiger partial charge in [0.25, 0.3) is 11.1 Å². The van der Waals surface area contributed by atoms with Crippen molar-refractivity contribution in [1.82, 2.24) is 29.1 Å². The van der Waals surface area contributed by atoms with Crippen molar-refractivity contribution < 1.29 is 9.47 Å². The number of fused-ring (bicyclic) bond motifs is 6. The molecule has 0 unspecified atom stereocenters. The maximum absolute atomic E-state index is 13.5. The van der Waals surface area contributed by atoms with Crippen LogP contribution in [-0.2, 0) is 13.2 Å². The molecule has 252 valence electrons. The number of pyridine rings is 6. The second kappa shape index (κ2) is 14.6. The number of aromatic nitrogens is 6. The summed E-state index contributed by atoms with van der Waals surface area (Å²) in [5, 5.41) is 0.519. The Morgan fingerprint density at radius 3 is 1.69 bits per heavy atom. The molecule has 0 saturated carbocycles. The summed E-state index contributed by atoms with van der Waals surface area (Å²) in [6, 6.07) is 25.7. The Labute approximate surface area is 321 Å². The molecule has 2 aliphatic heterocycles. The Hall–Kier alpha value is -5.18. The molecule has 9 rings (SSSR count). The zero-order valence-electron chi connectivity index (χ0n) is 26.4. The fourth-order valence-electron chi connectivity index (χ4n) is 6.07. The minimum absolute atomic E-state index is 0. The number of nitrogens with zero attached hydrogens (tertiary/aromatic N) is 6. The van der Waals surface area contributed by atoms with Gasteiger partial charge in [0.05, 0.1) is 39.6 Å². The van der Waals surface area contributed by atoms with Crippen LogP contribution in [0.3, 0.4) is 0 Å². The van der Waals surface area contributed by atoms with Gasteiger partial charge < -0.3 is 9.47 Å². The van der Waals surface area contributed by atoms with E-state index >= 15 is 0 Å². The number of hydrogen-bond acceptors (Lipinski definition) is 8. The van der Waals surface area contributed by atoms with Gasteiger partial charge in [0.1, 0.15) is 36.1 Å². The van der Waals surface area contributed by atoms with Gasteiger partial charge in [-0.05, 0) is 82.7 Å². The average molecular weight is 872 g/mol. The Morgan fingerprint density at radius 2 is 1.14 bits per heavy atom. The molecule has 0 radical (unpaired) electrons. The van der Waals surface area contributed by atoms with Crippen molar-refractivity contribution in [3.05, 3.63) is 164 Å². The van der Waals surface area contributed by atoms with Crippen LogP contribution in [0, 0.1) is 0 Å². The van der Waals surface area contributed by atoms with Gasteiger partial charge in [-0.1, -0.05) is 29.8 Å². The zero-order chi connectivity index (χ0) is 34.2. The molecule has 0 bridgehead atoms. The Morgan fingerprint density at radius 1 is 0.608 bits per heavy atom. The van der Waals surface area contributed by atoms with Crippen LogP contribution in [0.2, 0.25) is 5.02 Å². The summed E-state index contributed by atoms with van der Waals surface area (Å²) in [4.78, 5) is 43.2. The van der Waals surface area contributed by atoms with Crippen molar-refractivity contribution in [3.8, 4) is 56.5 Å². The van der Waals surface area contributed by atoms with E-state index in [2.05, 4.69) is 35.9 Å². The molecule has 0 atom stereocenters. The molecular formula is C38H25BrClIN6O4. The first kappa shape index (κ1) is 34.3. The van der Waals surface area contributed by atoms with Crippen LogP contribution >= 0.6 is 51.5 Å². The molecule has 0 fully saturated rings. The second-order valence-corrected chi connectivity index (χ2v) is 12.5. The Bertz CT molecular complexity index is 2530. The molecule has 0 spiro atoms. The first-order valence-electron chi connectivity index (χ1n) is 15.4. The highest BCUT2D eigenvalue weighted by atomic mass is 127. The van der Waals surface area contributed by atoms with Crippen molar-refractivity contribution in [3.63, 3.8) is 0 Å². The third kappa shape index (κ3) is 6.34. The van der Waals surface area contributed by atoms with E-state index < -0.39 is 0 Å². The molecule has 0 saturated heterocycles. The van der Waals surface area contributed by atoms with Crippen LogP contribution in [0.1, 0.15) is 11.4 Å². The average Bonchev–Trinajstić information content (AvgIpc) is 3.16. The normalized spacial score (nSPS) is 11.9. The fourth-order valence-corrected chi connectivity index (χ4v) is 6.71. The Balaban J connectivity index is 0.000000161. The second-order valence-electron chi connectivity index (χ2n) is 11.2. The van der Waals surface area contributed by atoms with Crippen molar-refractivity contribution in [2.24, 2.45) is 0 Å². The number of hydrogen-bond donors (Lipinski definition) is 0. The summed E-state index contributed by atoms with van der Waals surface area (Å²) in [6.07, 6.45) is 10.1. The molecular weight excluding hydrogens is 847 g/mol. The van der Waals surface area contributed by atoms with Gasteiger partial charge in [-0.3, -0.25) is 38.7 Å². The van der Waals surface area contributed by atoms with Gasteiger partial charge in [-0.15, -0.1) is 24.0 Å². The lowest BCUT2D eigenvalue weighted by atomic mass is 9.99. The lowest BCUT2D eigenvalue weighted by molar-refractivity contribution is 0.292. The summed E-state index contributed by atoms with van der Waals surface area (Å²) in [5.41, 5.74) is 6.91. The number of halogens is 3. The minimum Gasteiger partial charge on any atom is -0.485 e. The predicted octanol–water partition coefficient (Wildman–Crippen LogP) is 8.07. The van der Waals surface area contributed by atoms with Crippen molar-refractivity contribution in [2.75, 3.05) is 0 Å². The highest BCUT2D eigenvalue weighted by molar-refractivity contribution is 14.0. The zero-order valence-corrected chi connectivity index (χ0v) is 31.1. The van der Waals surface area contributed by atoms with E-state index in [0.29, 0.717) is 50.0 Å². The van der Waals surface area contributed by atoms with Crippen LogP contribution < -0.4 is 20.6 Å². The smallest absolute Gasteiger partial charge is 0.269 e. The fraction of sp³-hybridized carbons (Fsp3) is 0.0526. The van der Waals surface area contributed by atoms with E-state index in [0.717, 1.165) is 34.0 Å². The summed E-state index contributed by atoms with van der Waals surface area (Å²) in [6.45, 7) is 0.576. The largest absolute Gasteiger partial charge is 0.485 e. The molecule has 0 amide bonds. The summed E-state index contributed by atoms with van der Waals surface area (Å²) < 4.78 is 15.3. The van der Waals surface area contributed by atoms with Crippen LogP contribution in [0.15, 0.2) is 136 Å². The highest BCUT2D eigenvalue weighted by Gasteiger charge is 2.26. The summed E-state index contributed by atoms with van der Waals surface area (Å²) in [7, 11) is 0. The Kier molecular flexibility index (Phi) is 9.80. The number of benzene rings is 1. The van der Waals surface area contributed by atoms with E-state index in [1.54, 1.807) is 70.6 Å². The molecule has 7 aromatic rings. The molecule has 6 aromatic heterocycles. The van der Waals surface area contributed by atoms with Crippen LogP contribution in [0.5, 0.6) is 11.5 Å². The standard InChI is InChI=1S/C22H14ClN3O2.C16H10BrN3O2.HI/c23-18-7-2-1-6-15(18)16-11-17-19(13-28-20-8-4-10-25-21(17)20)26(22(16)27)14-5-3-9-24-12-14;17-12-7-11-13(9-22-14-4-2-6-19-15(11)14)20(16(12)21)10-3-1-5-18-8-10;/h1-12H,13H2;1-8H,9H2;1H. The van der Waals surface area contributed by atoms with E-state index in [-0.39, 0.29) is 41.7 Å². The number of ether oxygens (including phenoxy) is 2. The molecule has 51 heavy (non-hydrogen) atoms. The molecule has 13 heteroatoms. The maximum Gasteiger partial charge on any atom is 0.269 e. The predicted molar refractivity (Wildman–Crippen MR) is 208 cm³/mol. The van der Waals surface area contributed by atoms with E-state index in [1.165, 1.54) is 0 Å². The molecule has 10 nitrogen and oxygen atoms in total. The monoisotopic (exact) mass is 870 g/mol. The maximum atomic E-state index is 13.5. The highest BCUT2D eigenvalue weighted by Crippen LogP contribution is 2.39. The van der Waals surface area contributed by atoms with E-state index in [9.17, 15) is 9.59 Å². The third-order valence-electron chi connectivity index (χ3n) is 8.31. The summed E-state index contributed by atoms with van der Waals surface area (Å²) in [5.74, 6) is 1.41. The molecule has 0 aliphatic carbocycles. The van der Waals surface area contributed by atoms with Crippen LogP contribution in [0.25, 0.3) is 45.0 Å². The van der Waals surface area contributed by atoms with Crippen molar-refractivity contribution >= 4 is 51.5 Å². The van der Waals surface area contributed by atoms with E-state index in [1.807, 2.05) is 60.7 Å². The van der Waals surface area contributed by atoms with Gasteiger partial charge in [-0.25, -0.2) is 0 Å². The lowest BCUT2D eigenvalue weighted by Crippen LogP contribution is -2.27. The van der Waals surface area contributed by atoms with E-state index in [4.69, 9.17) is 21.1 Å². The van der Waals surface area contributed by atoms with Crippen molar-refractivity contribution in [2.45, 2.75) is 13.2 Å². The minimum atomic E-state index is -0.178. The first-order chi connectivity index (χ1) is 24.5. The van der Waals surface area contributed by atoms with Gasteiger partial charge in [-0.2, -0.15) is 0 Å². The summed E-state index contributed by atoms with van der Waals surface area (Å²) >= 11 is 9.76. The topological polar surface area (TPSA) is 114 Å². The third-order valence-corrected chi connectivity index (χ3v) is 9.21. The molecule has 0 N–H and O–H groups in total.